The van der Waals surface area contributed by atoms with Crippen LogP contribution >= 0.6 is 12.4 Å². The van der Waals surface area contributed by atoms with Crippen LogP contribution in [0.1, 0.15) is 38.5 Å². The van der Waals surface area contributed by atoms with Gasteiger partial charge in [-0.2, -0.15) is 0 Å². The molecule has 1 saturated heterocycles. The van der Waals surface area contributed by atoms with Crippen molar-refractivity contribution in [3.8, 4) is 0 Å². The Hall–Kier alpha value is -0.420. The summed E-state index contributed by atoms with van der Waals surface area (Å²) >= 11 is 0. The Morgan fingerprint density at radius 2 is 1.53 bits per heavy atom. The number of alkyl halides is 2. The zero-order chi connectivity index (χ0) is 11.8. The molecule has 0 aromatic carbocycles. The fraction of sp³-hybridized carbons (Fsp3) is 0.909. The highest BCUT2D eigenvalue weighted by Crippen LogP contribution is 2.39. The van der Waals surface area contributed by atoms with Crippen molar-refractivity contribution in [2.24, 2.45) is 0 Å². The molecule has 1 aliphatic heterocycles. The van der Waals surface area contributed by atoms with Crippen molar-refractivity contribution >= 4 is 18.4 Å². The minimum Gasteiger partial charge on any atom is -0.480 e. The largest absolute Gasteiger partial charge is 0.480 e. The molecule has 17 heavy (non-hydrogen) atoms. The lowest BCUT2D eigenvalue weighted by Gasteiger charge is -2.42. The zero-order valence-electron chi connectivity index (χ0n) is 9.62. The Labute approximate surface area is 106 Å². The average Bonchev–Trinajstić information content (AvgIpc) is 2.67. The van der Waals surface area contributed by atoms with Crippen molar-refractivity contribution in [1.82, 2.24) is 4.90 Å². The molecule has 0 aromatic heterocycles. The van der Waals surface area contributed by atoms with Crippen molar-refractivity contribution in [2.75, 3.05) is 13.1 Å². The Bertz CT molecular complexity index is 283. The molecule has 1 saturated carbocycles. The van der Waals surface area contributed by atoms with Crippen LogP contribution in [0.3, 0.4) is 0 Å². The summed E-state index contributed by atoms with van der Waals surface area (Å²) in [7, 11) is 0. The number of halogens is 3. The Morgan fingerprint density at radius 3 is 1.94 bits per heavy atom. The second kappa shape index (κ2) is 5.06. The van der Waals surface area contributed by atoms with Gasteiger partial charge in [-0.25, -0.2) is 8.78 Å². The number of rotatable bonds is 2. The number of nitrogens with zero attached hydrogens (tertiary/aromatic N) is 1. The topological polar surface area (TPSA) is 40.5 Å². The van der Waals surface area contributed by atoms with Gasteiger partial charge in [0.15, 0.2) is 0 Å². The number of hydrogen-bond donors (Lipinski definition) is 1. The van der Waals surface area contributed by atoms with Gasteiger partial charge in [-0.1, -0.05) is 12.8 Å². The van der Waals surface area contributed by atoms with Crippen LogP contribution in [0, 0.1) is 0 Å². The van der Waals surface area contributed by atoms with E-state index in [0.717, 1.165) is 12.8 Å². The Balaban J connectivity index is 0.00000144. The number of carbonyl (C=O) groups is 1. The van der Waals surface area contributed by atoms with Gasteiger partial charge < -0.3 is 5.11 Å². The molecule has 0 bridgehead atoms. The molecule has 3 nitrogen and oxygen atoms in total. The number of carboxylic acid groups (broad SMARTS) is 1. The molecule has 100 valence electrons. The molecule has 2 fully saturated rings. The van der Waals surface area contributed by atoms with E-state index >= 15 is 0 Å². The fourth-order valence-electron chi connectivity index (χ4n) is 2.89. The summed E-state index contributed by atoms with van der Waals surface area (Å²) in [5, 5.41) is 9.32. The molecule has 0 atom stereocenters. The van der Waals surface area contributed by atoms with E-state index in [2.05, 4.69) is 0 Å². The van der Waals surface area contributed by atoms with Gasteiger partial charge in [0, 0.05) is 25.9 Å². The smallest absolute Gasteiger partial charge is 0.324 e. The van der Waals surface area contributed by atoms with Crippen LogP contribution in [0.15, 0.2) is 0 Å². The third kappa shape index (κ3) is 2.71. The number of carboxylic acids is 1. The molecule has 0 spiro atoms. The Kier molecular flexibility index (Phi) is 4.36. The van der Waals surface area contributed by atoms with Crippen LogP contribution in [-0.4, -0.2) is 40.5 Å². The van der Waals surface area contributed by atoms with Gasteiger partial charge in [0.25, 0.3) is 5.92 Å². The van der Waals surface area contributed by atoms with E-state index in [1.54, 1.807) is 4.90 Å². The summed E-state index contributed by atoms with van der Waals surface area (Å²) in [4.78, 5) is 13.1. The van der Waals surface area contributed by atoms with Crippen LogP contribution in [0.2, 0.25) is 0 Å². The summed E-state index contributed by atoms with van der Waals surface area (Å²) < 4.78 is 26.0. The molecule has 1 heterocycles. The normalized spacial score (nSPS) is 27.4. The molecular weight excluding hydrogens is 252 g/mol. The standard InChI is InChI=1S/C11H17F2NO2.ClH/c12-11(13)5-7-14(8-6-11)10(9(15)16)3-1-2-4-10;/h1-8H2,(H,15,16);1H. The Morgan fingerprint density at radius 1 is 1.06 bits per heavy atom. The lowest BCUT2D eigenvalue weighted by molar-refractivity contribution is -0.156. The van der Waals surface area contributed by atoms with Gasteiger partial charge in [-0.3, -0.25) is 9.69 Å². The molecule has 1 N–H and O–H groups in total. The molecule has 0 amide bonds. The highest BCUT2D eigenvalue weighted by atomic mass is 35.5. The van der Waals surface area contributed by atoms with Crippen LogP contribution in [0.25, 0.3) is 0 Å². The minimum atomic E-state index is -2.60. The van der Waals surface area contributed by atoms with Crippen molar-refractivity contribution in [2.45, 2.75) is 50.0 Å². The van der Waals surface area contributed by atoms with Crippen LogP contribution in [-0.2, 0) is 4.79 Å². The van der Waals surface area contributed by atoms with E-state index in [-0.39, 0.29) is 38.3 Å². The summed E-state index contributed by atoms with van der Waals surface area (Å²) in [6.45, 7) is 0.415. The molecule has 0 aromatic rings. The first-order chi connectivity index (χ1) is 7.46. The maximum Gasteiger partial charge on any atom is 0.324 e. The minimum absolute atomic E-state index is 0. The first-order valence-electron chi connectivity index (χ1n) is 5.83. The second-order valence-electron chi connectivity index (χ2n) is 4.89. The van der Waals surface area contributed by atoms with Crippen LogP contribution in [0.4, 0.5) is 8.78 Å². The summed E-state index contributed by atoms with van der Waals surface area (Å²) in [6, 6.07) is 0. The predicted octanol–water partition coefficient (Wildman–Crippen LogP) is 2.54. The predicted molar refractivity (Wildman–Crippen MR) is 61.8 cm³/mol. The monoisotopic (exact) mass is 269 g/mol. The van der Waals surface area contributed by atoms with Crippen molar-refractivity contribution < 1.29 is 18.7 Å². The highest BCUT2D eigenvalue weighted by molar-refractivity contribution is 5.85. The second-order valence-corrected chi connectivity index (χ2v) is 4.89. The van der Waals surface area contributed by atoms with E-state index in [4.69, 9.17) is 0 Å². The zero-order valence-corrected chi connectivity index (χ0v) is 10.4. The number of hydrogen-bond acceptors (Lipinski definition) is 2. The third-order valence-electron chi connectivity index (χ3n) is 3.93. The third-order valence-corrected chi connectivity index (χ3v) is 3.93. The van der Waals surface area contributed by atoms with Gasteiger partial charge >= 0.3 is 5.97 Å². The first kappa shape index (κ1) is 14.6. The average molecular weight is 270 g/mol. The molecule has 0 radical (unpaired) electrons. The van der Waals surface area contributed by atoms with Gasteiger partial charge in [0.05, 0.1) is 0 Å². The number of aliphatic carboxylic acids is 1. The molecule has 0 unspecified atom stereocenters. The molecule has 1 aliphatic carbocycles. The summed E-state index contributed by atoms with van der Waals surface area (Å²) in [5.74, 6) is -3.44. The van der Waals surface area contributed by atoms with Gasteiger partial charge in [0.2, 0.25) is 0 Å². The molecule has 2 rings (SSSR count). The van der Waals surface area contributed by atoms with Gasteiger partial charge in [-0.05, 0) is 12.8 Å². The van der Waals surface area contributed by atoms with E-state index in [1.807, 2.05) is 0 Å². The molecule has 2 aliphatic rings. The van der Waals surface area contributed by atoms with E-state index in [0.29, 0.717) is 12.8 Å². The van der Waals surface area contributed by atoms with Crippen molar-refractivity contribution in [1.29, 1.82) is 0 Å². The van der Waals surface area contributed by atoms with Gasteiger partial charge in [-0.15, -0.1) is 12.4 Å². The van der Waals surface area contributed by atoms with Gasteiger partial charge in [0.1, 0.15) is 5.54 Å². The number of piperidine rings is 1. The van der Waals surface area contributed by atoms with Crippen LogP contribution in [0.5, 0.6) is 0 Å². The molecular formula is C11H18ClF2NO2. The summed E-state index contributed by atoms with van der Waals surface area (Å²) in [5.41, 5.74) is -0.851. The van der Waals surface area contributed by atoms with E-state index in [9.17, 15) is 18.7 Å². The van der Waals surface area contributed by atoms with Crippen LogP contribution < -0.4 is 0 Å². The fourth-order valence-corrected chi connectivity index (χ4v) is 2.89. The maximum absolute atomic E-state index is 13.0. The van der Waals surface area contributed by atoms with E-state index < -0.39 is 17.4 Å². The first-order valence-corrected chi connectivity index (χ1v) is 5.83. The van der Waals surface area contributed by atoms with E-state index in [1.165, 1.54) is 0 Å². The van der Waals surface area contributed by atoms with Crippen molar-refractivity contribution in [3.05, 3.63) is 0 Å². The maximum atomic E-state index is 13.0. The SMILES string of the molecule is Cl.O=C(O)C1(N2CCC(F)(F)CC2)CCCC1. The lowest BCUT2D eigenvalue weighted by atomic mass is 9.91. The lowest BCUT2D eigenvalue weighted by Crippen LogP contribution is -2.56. The quantitative estimate of drug-likeness (QED) is 0.837. The summed E-state index contributed by atoms with van der Waals surface area (Å²) in [6.07, 6.45) is 2.57. The molecule has 6 heteroatoms. The number of likely N-dealkylation sites (tertiary alicyclic amines) is 1. The highest BCUT2D eigenvalue weighted by Gasteiger charge is 2.49. The van der Waals surface area contributed by atoms with Crippen molar-refractivity contribution in [3.63, 3.8) is 0 Å².